The molecule has 0 aliphatic carbocycles. The second-order valence-electron chi connectivity index (χ2n) is 6.36. The molecule has 3 aromatic carbocycles. The van der Waals surface area contributed by atoms with E-state index in [9.17, 15) is 4.79 Å². The van der Waals surface area contributed by atoms with E-state index in [1.807, 2.05) is 80.6 Å². The molecule has 0 aliphatic heterocycles. The average Bonchev–Trinajstić information content (AvgIpc) is 2.64. The molecule has 0 unspecified atom stereocenters. The van der Waals surface area contributed by atoms with Crippen molar-refractivity contribution in [3.8, 4) is 11.5 Å². The van der Waals surface area contributed by atoms with Gasteiger partial charge >= 0.3 is 0 Å². The molecule has 3 aromatic rings. The number of benzene rings is 3. The molecule has 4 nitrogen and oxygen atoms in total. The summed E-state index contributed by atoms with van der Waals surface area (Å²) in [6.45, 7) is 4.39. The van der Waals surface area contributed by atoms with Gasteiger partial charge in [0.2, 0.25) is 0 Å². The Balaban J connectivity index is 1.54. The lowest BCUT2D eigenvalue weighted by atomic mass is 10.1. The van der Waals surface area contributed by atoms with Crippen molar-refractivity contribution in [3.05, 3.63) is 72.3 Å². The predicted molar refractivity (Wildman–Crippen MR) is 103 cm³/mol. The molecule has 1 amide bonds. The Kier molecular flexibility index (Phi) is 5.74. The van der Waals surface area contributed by atoms with Crippen molar-refractivity contribution < 1.29 is 14.3 Å². The van der Waals surface area contributed by atoms with Crippen molar-refractivity contribution in [2.45, 2.75) is 26.5 Å². The van der Waals surface area contributed by atoms with Crippen LogP contribution in [0.3, 0.4) is 0 Å². The molecule has 134 valence electrons. The Hall–Kier alpha value is -3.01. The predicted octanol–water partition coefficient (Wildman–Crippen LogP) is 4.32. The normalized spacial score (nSPS) is 10.7. The fourth-order valence-electron chi connectivity index (χ4n) is 2.72. The molecule has 0 bridgehead atoms. The minimum Gasteiger partial charge on any atom is -0.491 e. The van der Waals surface area contributed by atoms with Crippen LogP contribution in [0.25, 0.3) is 10.8 Å². The lowest BCUT2D eigenvalue weighted by Crippen LogP contribution is -2.28. The zero-order valence-electron chi connectivity index (χ0n) is 15.1. The number of rotatable bonds is 7. The standard InChI is InChI=1S/C22H23NO3/c1-16(2)26-19-10-5-7-17(13-19)14-23-22(24)15-25-21-12-6-9-18-8-3-4-11-20(18)21/h3-13,16H,14-15H2,1-2H3,(H,23,24). The van der Waals surface area contributed by atoms with Gasteiger partial charge < -0.3 is 14.8 Å². The van der Waals surface area contributed by atoms with Crippen LogP contribution in [0.5, 0.6) is 11.5 Å². The molecule has 0 atom stereocenters. The number of carbonyl (C=O) groups is 1. The number of hydrogen-bond acceptors (Lipinski definition) is 3. The highest BCUT2D eigenvalue weighted by Crippen LogP contribution is 2.25. The summed E-state index contributed by atoms with van der Waals surface area (Å²) < 4.78 is 11.4. The van der Waals surface area contributed by atoms with Crippen molar-refractivity contribution in [1.82, 2.24) is 5.32 Å². The lowest BCUT2D eigenvalue weighted by Gasteiger charge is -2.12. The molecule has 1 N–H and O–H groups in total. The Labute approximate surface area is 153 Å². The molecule has 0 aliphatic rings. The van der Waals surface area contributed by atoms with Gasteiger partial charge in [0.15, 0.2) is 6.61 Å². The first-order valence-corrected chi connectivity index (χ1v) is 8.74. The van der Waals surface area contributed by atoms with Crippen LogP contribution in [0.4, 0.5) is 0 Å². The van der Waals surface area contributed by atoms with Gasteiger partial charge in [0.05, 0.1) is 6.10 Å². The smallest absolute Gasteiger partial charge is 0.258 e. The topological polar surface area (TPSA) is 47.6 Å². The second kappa shape index (κ2) is 8.39. The van der Waals surface area contributed by atoms with Gasteiger partial charge in [-0.3, -0.25) is 4.79 Å². The Bertz CT molecular complexity index is 884. The zero-order chi connectivity index (χ0) is 18.4. The Morgan fingerprint density at radius 1 is 1.00 bits per heavy atom. The van der Waals surface area contributed by atoms with E-state index in [4.69, 9.17) is 9.47 Å². The van der Waals surface area contributed by atoms with E-state index < -0.39 is 0 Å². The van der Waals surface area contributed by atoms with Crippen LogP contribution in [0, 0.1) is 0 Å². The minimum atomic E-state index is -0.159. The molecule has 0 fully saturated rings. The van der Waals surface area contributed by atoms with Crippen LogP contribution >= 0.6 is 0 Å². The maximum atomic E-state index is 12.1. The monoisotopic (exact) mass is 349 g/mol. The van der Waals surface area contributed by atoms with E-state index in [0.717, 1.165) is 22.1 Å². The van der Waals surface area contributed by atoms with Gasteiger partial charge in [-0.2, -0.15) is 0 Å². The third-order valence-corrected chi connectivity index (χ3v) is 3.87. The van der Waals surface area contributed by atoms with E-state index in [1.165, 1.54) is 0 Å². The molecule has 0 radical (unpaired) electrons. The van der Waals surface area contributed by atoms with E-state index >= 15 is 0 Å². The molecule has 0 spiro atoms. The number of ether oxygens (including phenoxy) is 2. The number of carbonyl (C=O) groups excluding carboxylic acids is 1. The summed E-state index contributed by atoms with van der Waals surface area (Å²) in [5.74, 6) is 1.36. The molecule has 3 rings (SSSR count). The quantitative estimate of drug-likeness (QED) is 0.691. The van der Waals surface area contributed by atoms with Crippen molar-refractivity contribution >= 4 is 16.7 Å². The first-order chi connectivity index (χ1) is 12.6. The highest BCUT2D eigenvalue weighted by Gasteiger charge is 2.06. The van der Waals surface area contributed by atoms with E-state index in [2.05, 4.69) is 5.32 Å². The summed E-state index contributed by atoms with van der Waals surface area (Å²) >= 11 is 0. The van der Waals surface area contributed by atoms with Gasteiger partial charge in [0, 0.05) is 11.9 Å². The summed E-state index contributed by atoms with van der Waals surface area (Å²) in [5, 5.41) is 4.97. The fraction of sp³-hybridized carbons (Fsp3) is 0.227. The molecule has 0 saturated carbocycles. The summed E-state index contributed by atoms with van der Waals surface area (Å²) in [6, 6.07) is 21.5. The van der Waals surface area contributed by atoms with Gasteiger partial charge in [0.1, 0.15) is 11.5 Å². The largest absolute Gasteiger partial charge is 0.491 e. The third-order valence-electron chi connectivity index (χ3n) is 3.87. The fourth-order valence-corrected chi connectivity index (χ4v) is 2.72. The van der Waals surface area contributed by atoms with Crippen molar-refractivity contribution in [2.75, 3.05) is 6.61 Å². The molecule has 0 aromatic heterocycles. The number of fused-ring (bicyclic) bond motifs is 1. The summed E-state index contributed by atoms with van der Waals surface area (Å²) in [4.78, 5) is 12.1. The molecular formula is C22H23NO3. The minimum absolute atomic E-state index is 0.0177. The number of amides is 1. The summed E-state index contributed by atoms with van der Waals surface area (Å²) in [6.07, 6.45) is 0.119. The van der Waals surface area contributed by atoms with Crippen molar-refractivity contribution in [1.29, 1.82) is 0 Å². The second-order valence-corrected chi connectivity index (χ2v) is 6.36. The maximum absolute atomic E-state index is 12.1. The average molecular weight is 349 g/mol. The van der Waals surface area contributed by atoms with E-state index in [0.29, 0.717) is 12.3 Å². The van der Waals surface area contributed by atoms with Crippen LogP contribution < -0.4 is 14.8 Å². The van der Waals surface area contributed by atoms with Crippen LogP contribution in [-0.2, 0) is 11.3 Å². The number of hydrogen-bond donors (Lipinski definition) is 1. The van der Waals surface area contributed by atoms with Gasteiger partial charge in [-0.05, 0) is 43.0 Å². The van der Waals surface area contributed by atoms with Gasteiger partial charge in [-0.25, -0.2) is 0 Å². The van der Waals surface area contributed by atoms with Crippen LogP contribution in [0.15, 0.2) is 66.7 Å². The van der Waals surface area contributed by atoms with Gasteiger partial charge in [-0.1, -0.05) is 48.5 Å². The zero-order valence-corrected chi connectivity index (χ0v) is 15.1. The van der Waals surface area contributed by atoms with Gasteiger partial charge in [0.25, 0.3) is 5.91 Å². The molecule has 26 heavy (non-hydrogen) atoms. The first-order valence-electron chi connectivity index (χ1n) is 8.74. The highest BCUT2D eigenvalue weighted by molar-refractivity contribution is 5.88. The Morgan fingerprint density at radius 3 is 2.62 bits per heavy atom. The van der Waals surface area contributed by atoms with Crippen LogP contribution in [0.1, 0.15) is 19.4 Å². The SMILES string of the molecule is CC(C)Oc1cccc(CNC(=O)COc2cccc3ccccc23)c1. The van der Waals surface area contributed by atoms with Crippen molar-refractivity contribution in [3.63, 3.8) is 0 Å². The Morgan fingerprint density at radius 2 is 1.77 bits per heavy atom. The van der Waals surface area contributed by atoms with Crippen molar-refractivity contribution in [2.24, 2.45) is 0 Å². The first kappa shape index (κ1) is 17.8. The molecular weight excluding hydrogens is 326 g/mol. The van der Waals surface area contributed by atoms with E-state index in [1.54, 1.807) is 0 Å². The summed E-state index contributed by atoms with van der Waals surface area (Å²) in [7, 11) is 0. The molecule has 0 heterocycles. The molecule has 4 heteroatoms. The third kappa shape index (κ3) is 4.76. The lowest BCUT2D eigenvalue weighted by molar-refractivity contribution is -0.123. The van der Waals surface area contributed by atoms with Crippen LogP contribution in [0.2, 0.25) is 0 Å². The summed E-state index contributed by atoms with van der Waals surface area (Å²) in [5.41, 5.74) is 0.988. The number of nitrogens with one attached hydrogen (secondary N) is 1. The van der Waals surface area contributed by atoms with E-state index in [-0.39, 0.29) is 18.6 Å². The highest BCUT2D eigenvalue weighted by atomic mass is 16.5. The molecule has 0 saturated heterocycles. The van der Waals surface area contributed by atoms with Crippen LogP contribution in [-0.4, -0.2) is 18.6 Å². The van der Waals surface area contributed by atoms with Gasteiger partial charge in [-0.15, -0.1) is 0 Å². The maximum Gasteiger partial charge on any atom is 0.258 e.